The molecule has 2 aliphatic carbocycles. The van der Waals surface area contributed by atoms with Crippen molar-refractivity contribution in [3.63, 3.8) is 0 Å². The monoisotopic (exact) mass is 1150 g/mol. The molecule has 14 heterocycles. The Kier molecular flexibility index (Phi) is 12.7. The number of halogens is 2. The molecule has 0 fully saturated rings. The summed E-state index contributed by atoms with van der Waals surface area (Å²) >= 11 is 7.45. The average Bonchev–Trinajstić information content (AvgIpc) is 4.27. The van der Waals surface area contributed by atoms with Crippen LogP contribution in [0.4, 0.5) is 0 Å². The van der Waals surface area contributed by atoms with Crippen LogP contribution in [0.15, 0.2) is 93.9 Å². The van der Waals surface area contributed by atoms with Gasteiger partial charge in [0.05, 0.1) is 42.8 Å². The Bertz CT molecular complexity index is 4150. The fourth-order valence-corrected chi connectivity index (χ4v) is 15.4. The van der Waals surface area contributed by atoms with E-state index in [1.807, 2.05) is 0 Å². The zero-order valence-electron chi connectivity index (χ0n) is 46.1. The molecule has 5 aromatic carbocycles. The second-order valence-corrected chi connectivity index (χ2v) is 23.9. The van der Waals surface area contributed by atoms with E-state index in [1.54, 1.807) is 0 Å². The van der Waals surface area contributed by atoms with Crippen molar-refractivity contribution < 1.29 is 10.2 Å². The van der Waals surface area contributed by atoms with E-state index in [0.29, 0.717) is 21.8 Å². The van der Waals surface area contributed by atoms with Crippen molar-refractivity contribution in [2.45, 2.75) is 132 Å². The molecule has 8 heteroatoms. The molecular formula is C70H66Br2N4O2. The number of rotatable bonds is 4. The van der Waals surface area contributed by atoms with Crippen molar-refractivity contribution >= 4 is 76.2 Å². The zero-order valence-corrected chi connectivity index (χ0v) is 49.3. The van der Waals surface area contributed by atoms with Crippen molar-refractivity contribution in [2.24, 2.45) is 0 Å². The Labute approximate surface area is 475 Å². The summed E-state index contributed by atoms with van der Waals surface area (Å²) < 4.78 is 1.20. The number of aromatic hydroxyl groups is 2. The minimum absolute atomic E-state index is 0.219. The van der Waals surface area contributed by atoms with Crippen molar-refractivity contribution in [2.75, 3.05) is 0 Å². The number of benzene rings is 5. The predicted molar refractivity (Wildman–Crippen MR) is 333 cm³/mol. The fourth-order valence-electron chi connectivity index (χ4n) is 14.1. The maximum absolute atomic E-state index is 11.6. The molecule has 21 rings (SSSR count). The standard InChI is InChI=1S/C70H66Br2N4O2/c1-9-41-35(5)65-61-49-25-18-24-47-53-31-39(28-30-48(53)59(47)49)19-13-15-21-51-63(71)70(78)52(64(72)69(51)77)22-16-14-20-40-27-29-45-46-23-17-26-50(60(46)54(45)32-40)62(67-37(7)43(11-3)57(75-67)33-55(41)73-65)68-38(8)44(12-4)58(76-68)34-56-42(10-2)36(6)66(61)74-56/h17-18,23-34,73,76-78H,9-16,19-22H2,1-8H3. The second-order valence-electron chi connectivity index (χ2n) is 22.3. The molecule has 8 aromatic rings. The number of nitrogens with one attached hydrogen (secondary N) is 2. The van der Waals surface area contributed by atoms with Gasteiger partial charge in [0, 0.05) is 33.3 Å². The Morgan fingerprint density at radius 2 is 0.872 bits per heavy atom. The summed E-state index contributed by atoms with van der Waals surface area (Å²) in [5.74, 6) is 0.439. The molecule has 0 radical (unpaired) electrons. The number of aromatic nitrogens is 4. The van der Waals surface area contributed by atoms with Gasteiger partial charge in [0.2, 0.25) is 0 Å². The molecule has 0 saturated carbocycles. The van der Waals surface area contributed by atoms with Crippen LogP contribution in [0.3, 0.4) is 0 Å². The average molecular weight is 1160 g/mol. The number of fused-ring (bicyclic) bond motifs is 1. The lowest BCUT2D eigenvalue weighted by Crippen LogP contribution is -2.04. The molecule has 0 saturated heterocycles. The molecule has 6 nitrogen and oxygen atoms in total. The Hall–Kier alpha value is -6.74. The van der Waals surface area contributed by atoms with Crippen LogP contribution in [0.2, 0.25) is 0 Å². The van der Waals surface area contributed by atoms with Gasteiger partial charge < -0.3 is 20.2 Å². The summed E-state index contributed by atoms with van der Waals surface area (Å²) in [6, 6.07) is 32.4. The fraction of sp³-hybridized carbons (Fsp3) is 0.286. The summed E-state index contributed by atoms with van der Waals surface area (Å²) in [6.07, 6.45) is 10.1. The van der Waals surface area contributed by atoms with E-state index in [4.69, 9.17) is 9.97 Å². The number of hydrogen-bond acceptors (Lipinski definition) is 4. The van der Waals surface area contributed by atoms with Crippen LogP contribution >= 0.6 is 31.9 Å². The quantitative estimate of drug-likeness (QED) is 0.132. The van der Waals surface area contributed by atoms with Gasteiger partial charge in [-0.05, 0) is 260 Å². The Balaban J connectivity index is 1.10. The molecular weight excluding hydrogens is 1090 g/mol. The number of phenolic OH excluding ortho intramolecular Hbond substituents is 2. The first-order valence-corrected chi connectivity index (χ1v) is 30.1. The van der Waals surface area contributed by atoms with E-state index in [9.17, 15) is 10.2 Å². The van der Waals surface area contributed by atoms with Crippen molar-refractivity contribution in [3.05, 3.63) is 161 Å². The van der Waals surface area contributed by atoms with E-state index in [1.165, 1.54) is 111 Å². The van der Waals surface area contributed by atoms with Gasteiger partial charge in [-0.2, -0.15) is 0 Å². The molecule has 392 valence electrons. The number of nitrogens with zero attached hydrogens (tertiary/aromatic N) is 2. The van der Waals surface area contributed by atoms with Crippen molar-refractivity contribution in [1.82, 2.24) is 19.9 Å². The molecule has 0 spiro atoms. The summed E-state index contributed by atoms with van der Waals surface area (Å²) in [7, 11) is 0. The first kappa shape index (κ1) is 50.7. The summed E-state index contributed by atoms with van der Waals surface area (Å²) in [5, 5.41) is 23.2. The number of phenols is 2. The third-order valence-corrected chi connectivity index (χ3v) is 19.9. The number of hydrogen-bond donors (Lipinski definition) is 4. The van der Waals surface area contributed by atoms with E-state index in [0.717, 1.165) is 131 Å². The Morgan fingerprint density at radius 3 is 1.35 bits per heavy atom. The first-order valence-electron chi connectivity index (χ1n) is 28.5. The molecule has 3 aromatic heterocycles. The Morgan fingerprint density at radius 1 is 0.449 bits per heavy atom. The minimum atomic E-state index is 0.219. The normalized spacial score (nSPS) is 14.6. The van der Waals surface area contributed by atoms with Crippen LogP contribution in [0.25, 0.3) is 111 Å². The molecule has 11 aliphatic heterocycles. The van der Waals surface area contributed by atoms with E-state index >= 15 is 0 Å². The van der Waals surface area contributed by atoms with Gasteiger partial charge in [0.1, 0.15) is 11.5 Å². The molecule has 0 amide bonds. The maximum Gasteiger partial charge on any atom is 0.134 e. The lowest BCUT2D eigenvalue weighted by atomic mass is 9.75. The minimum Gasteiger partial charge on any atom is -0.506 e. The van der Waals surface area contributed by atoms with Crippen LogP contribution in [0.5, 0.6) is 11.5 Å². The van der Waals surface area contributed by atoms with Crippen LogP contribution in [0.1, 0.15) is 147 Å². The lowest BCUT2D eigenvalue weighted by molar-refractivity contribution is 0.440. The van der Waals surface area contributed by atoms with Crippen molar-refractivity contribution in [1.29, 1.82) is 0 Å². The van der Waals surface area contributed by atoms with E-state index in [-0.39, 0.29) is 11.5 Å². The highest BCUT2D eigenvalue weighted by atomic mass is 79.9. The van der Waals surface area contributed by atoms with E-state index < -0.39 is 0 Å². The predicted octanol–water partition coefficient (Wildman–Crippen LogP) is 19.7. The maximum atomic E-state index is 11.6. The summed E-state index contributed by atoms with van der Waals surface area (Å²) in [6.45, 7) is 18.3. The number of H-pyrrole nitrogens is 2. The number of aromatic amines is 2. The van der Waals surface area contributed by atoms with Crippen LogP contribution in [-0.2, 0) is 38.5 Å². The molecule has 20 bridgehead atoms. The van der Waals surface area contributed by atoms with Gasteiger partial charge in [-0.1, -0.05) is 100 Å². The molecule has 4 N–H and O–H groups in total. The zero-order chi connectivity index (χ0) is 54.0. The smallest absolute Gasteiger partial charge is 0.134 e. The molecule has 13 aliphatic rings. The summed E-state index contributed by atoms with van der Waals surface area (Å²) in [4.78, 5) is 19.9. The SMILES string of the molecule is CCC1=C(C)c2nc1cc1[nH]c(c(C)c1CC)c1c3nc(cc4[nH]c(c(C)c4CC)c2-c2cccc4c2-c2ccc(cc2-4)CCCCc2c(O)c(Br)c(c(O)c2Br)CCCCc2ccc4c(c2)-c2c-4cccc2-1)C(CC)=C3C. The molecule has 0 unspecified atom stereocenters. The highest BCUT2D eigenvalue weighted by Crippen LogP contribution is 2.56. The summed E-state index contributed by atoms with van der Waals surface area (Å²) in [5.41, 5.74) is 37.5. The van der Waals surface area contributed by atoms with Gasteiger partial charge >= 0.3 is 0 Å². The van der Waals surface area contributed by atoms with Crippen molar-refractivity contribution in [3.8, 4) is 78.3 Å². The van der Waals surface area contributed by atoms with Gasteiger partial charge in [-0.3, -0.25) is 0 Å². The van der Waals surface area contributed by atoms with Crippen LogP contribution < -0.4 is 0 Å². The lowest BCUT2D eigenvalue weighted by Gasteiger charge is -2.28. The number of aryl methyl sites for hydroxylation is 6. The molecule has 78 heavy (non-hydrogen) atoms. The van der Waals surface area contributed by atoms with Gasteiger partial charge in [0.25, 0.3) is 0 Å². The second kappa shape index (κ2) is 19.6. The highest BCUT2D eigenvalue weighted by molar-refractivity contribution is 9.11. The van der Waals surface area contributed by atoms with Gasteiger partial charge in [-0.15, -0.1) is 0 Å². The third-order valence-electron chi connectivity index (χ3n) is 18.2. The van der Waals surface area contributed by atoms with Gasteiger partial charge in [-0.25, -0.2) is 9.97 Å². The highest BCUT2D eigenvalue weighted by Gasteiger charge is 2.33. The van der Waals surface area contributed by atoms with Gasteiger partial charge in [0.15, 0.2) is 0 Å². The van der Waals surface area contributed by atoms with Crippen LogP contribution in [0, 0.1) is 13.8 Å². The topological polar surface area (TPSA) is 97.8 Å². The van der Waals surface area contributed by atoms with Crippen LogP contribution in [-0.4, -0.2) is 30.1 Å². The van der Waals surface area contributed by atoms with E-state index in [2.05, 4.69) is 182 Å². The number of allylic oxidation sites excluding steroid dienone is 4. The third kappa shape index (κ3) is 7.66. The molecule has 0 atom stereocenters. The largest absolute Gasteiger partial charge is 0.506 e. The first-order chi connectivity index (χ1) is 37.8.